The van der Waals surface area contributed by atoms with E-state index in [0.717, 1.165) is 10.5 Å². The Balaban J connectivity index is 2.70. The van der Waals surface area contributed by atoms with Crippen LogP contribution in [0.25, 0.3) is 11.3 Å². The van der Waals surface area contributed by atoms with Crippen molar-refractivity contribution < 1.29 is 0 Å². The highest BCUT2D eigenvalue weighted by Gasteiger charge is 2.14. The zero-order chi connectivity index (χ0) is 14.7. The standard InChI is InChI=1S/C16H21N3S/c1-11(2)17-18-16-19(12(3)4)15(13(5)20-16)14-9-7-6-8-10-14/h6-10,12H,1-5H3/b18-16+. The number of thiazole rings is 1. The first-order chi connectivity index (χ1) is 9.50. The Labute approximate surface area is 124 Å². The van der Waals surface area contributed by atoms with Gasteiger partial charge in [0, 0.05) is 16.6 Å². The summed E-state index contributed by atoms with van der Waals surface area (Å²) in [5.74, 6) is 0. The lowest BCUT2D eigenvalue weighted by Crippen LogP contribution is -2.18. The fourth-order valence-corrected chi connectivity index (χ4v) is 3.20. The molecule has 0 radical (unpaired) electrons. The number of benzene rings is 1. The van der Waals surface area contributed by atoms with Crippen LogP contribution in [0, 0.1) is 6.92 Å². The van der Waals surface area contributed by atoms with Crippen LogP contribution in [0.1, 0.15) is 38.6 Å². The third kappa shape index (κ3) is 3.07. The third-order valence-electron chi connectivity index (χ3n) is 2.92. The molecular weight excluding hydrogens is 266 g/mol. The van der Waals surface area contributed by atoms with E-state index in [-0.39, 0.29) is 0 Å². The second-order valence-electron chi connectivity index (χ2n) is 5.27. The molecule has 0 spiro atoms. The number of hydrogen-bond donors (Lipinski definition) is 0. The van der Waals surface area contributed by atoms with E-state index in [1.807, 2.05) is 19.9 Å². The second kappa shape index (κ2) is 6.18. The van der Waals surface area contributed by atoms with E-state index in [1.54, 1.807) is 11.3 Å². The largest absolute Gasteiger partial charge is 0.312 e. The first-order valence-corrected chi connectivity index (χ1v) is 7.64. The van der Waals surface area contributed by atoms with Crippen LogP contribution in [-0.2, 0) is 0 Å². The summed E-state index contributed by atoms with van der Waals surface area (Å²) in [6, 6.07) is 10.8. The van der Waals surface area contributed by atoms with Crippen molar-refractivity contribution in [2.45, 2.75) is 40.7 Å². The van der Waals surface area contributed by atoms with Gasteiger partial charge in [0.15, 0.2) is 0 Å². The van der Waals surface area contributed by atoms with Gasteiger partial charge in [-0.25, -0.2) is 0 Å². The van der Waals surface area contributed by atoms with Crippen LogP contribution in [-0.4, -0.2) is 10.3 Å². The van der Waals surface area contributed by atoms with E-state index >= 15 is 0 Å². The minimum atomic E-state index is 0.348. The Kier molecular flexibility index (Phi) is 4.55. The highest BCUT2D eigenvalue weighted by atomic mass is 32.1. The van der Waals surface area contributed by atoms with Gasteiger partial charge in [-0.2, -0.15) is 5.10 Å². The molecule has 106 valence electrons. The summed E-state index contributed by atoms with van der Waals surface area (Å²) < 4.78 is 2.27. The Morgan fingerprint density at radius 3 is 2.35 bits per heavy atom. The van der Waals surface area contributed by atoms with Crippen molar-refractivity contribution in [1.29, 1.82) is 0 Å². The summed E-state index contributed by atoms with van der Waals surface area (Å²) in [6.45, 7) is 10.4. The predicted octanol–water partition coefficient (Wildman–Crippen LogP) is 4.40. The van der Waals surface area contributed by atoms with Crippen LogP contribution < -0.4 is 4.80 Å². The number of rotatable bonds is 3. The molecule has 4 heteroatoms. The molecule has 0 saturated heterocycles. The monoisotopic (exact) mass is 287 g/mol. The number of nitrogens with zero attached hydrogens (tertiary/aromatic N) is 3. The normalized spacial score (nSPS) is 12.0. The molecule has 0 aliphatic carbocycles. The van der Waals surface area contributed by atoms with Gasteiger partial charge in [0.2, 0.25) is 4.80 Å². The fourth-order valence-electron chi connectivity index (χ4n) is 2.13. The van der Waals surface area contributed by atoms with Gasteiger partial charge in [0.1, 0.15) is 0 Å². The third-order valence-corrected chi connectivity index (χ3v) is 3.88. The molecule has 1 heterocycles. The Hall–Kier alpha value is -1.68. The van der Waals surface area contributed by atoms with Gasteiger partial charge in [0.25, 0.3) is 0 Å². The molecule has 2 rings (SSSR count). The summed E-state index contributed by atoms with van der Waals surface area (Å²) in [6.07, 6.45) is 0. The van der Waals surface area contributed by atoms with Crippen molar-refractivity contribution in [3.63, 3.8) is 0 Å². The lowest BCUT2D eigenvalue weighted by molar-refractivity contribution is 0.587. The fraction of sp³-hybridized carbons (Fsp3) is 0.375. The minimum Gasteiger partial charge on any atom is -0.312 e. The van der Waals surface area contributed by atoms with Gasteiger partial charge < -0.3 is 4.57 Å². The van der Waals surface area contributed by atoms with Crippen molar-refractivity contribution in [1.82, 2.24) is 4.57 Å². The maximum Gasteiger partial charge on any atom is 0.211 e. The van der Waals surface area contributed by atoms with Crippen LogP contribution in [0.3, 0.4) is 0 Å². The van der Waals surface area contributed by atoms with Gasteiger partial charge in [-0.3, -0.25) is 0 Å². The molecule has 0 unspecified atom stereocenters. The molecular formula is C16H21N3S. The first-order valence-electron chi connectivity index (χ1n) is 6.83. The van der Waals surface area contributed by atoms with Crippen LogP contribution in [0.4, 0.5) is 0 Å². The van der Waals surface area contributed by atoms with E-state index in [1.165, 1.54) is 16.1 Å². The molecule has 0 aliphatic rings. The molecule has 1 aromatic heterocycles. The van der Waals surface area contributed by atoms with Gasteiger partial charge >= 0.3 is 0 Å². The molecule has 0 fully saturated rings. The average molecular weight is 287 g/mol. The summed E-state index contributed by atoms with van der Waals surface area (Å²) in [5.41, 5.74) is 3.44. The van der Waals surface area contributed by atoms with E-state index in [4.69, 9.17) is 0 Å². The van der Waals surface area contributed by atoms with Crippen molar-refractivity contribution in [2.24, 2.45) is 10.2 Å². The first kappa shape index (κ1) is 14.7. The maximum absolute atomic E-state index is 4.40. The van der Waals surface area contributed by atoms with E-state index in [2.05, 4.69) is 59.8 Å². The van der Waals surface area contributed by atoms with Crippen molar-refractivity contribution >= 4 is 17.0 Å². The molecule has 3 nitrogen and oxygen atoms in total. The van der Waals surface area contributed by atoms with Crippen LogP contribution in [0.2, 0.25) is 0 Å². The molecule has 0 N–H and O–H groups in total. The highest BCUT2D eigenvalue weighted by Crippen LogP contribution is 2.27. The second-order valence-corrected chi connectivity index (χ2v) is 6.45. The van der Waals surface area contributed by atoms with Crippen LogP contribution in [0.5, 0.6) is 0 Å². The van der Waals surface area contributed by atoms with E-state index in [9.17, 15) is 0 Å². The summed E-state index contributed by atoms with van der Waals surface area (Å²) >= 11 is 1.70. The number of hydrogen-bond acceptors (Lipinski definition) is 3. The summed E-state index contributed by atoms with van der Waals surface area (Å²) in [5, 5.41) is 8.62. The molecule has 0 aliphatic heterocycles. The van der Waals surface area contributed by atoms with Crippen molar-refractivity contribution in [3.05, 3.63) is 40.0 Å². The van der Waals surface area contributed by atoms with Crippen LogP contribution >= 0.6 is 11.3 Å². The molecule has 1 aromatic carbocycles. The lowest BCUT2D eigenvalue weighted by atomic mass is 10.1. The highest BCUT2D eigenvalue weighted by molar-refractivity contribution is 7.09. The van der Waals surface area contributed by atoms with Crippen molar-refractivity contribution in [3.8, 4) is 11.3 Å². The van der Waals surface area contributed by atoms with E-state index in [0.29, 0.717) is 6.04 Å². The molecule has 0 bridgehead atoms. The molecule has 0 amide bonds. The number of aromatic nitrogens is 1. The molecule has 0 saturated carbocycles. The molecule has 0 atom stereocenters. The summed E-state index contributed by atoms with van der Waals surface area (Å²) in [4.78, 5) is 2.23. The number of aryl methyl sites for hydroxylation is 1. The SMILES string of the molecule is CC(C)=N/N=c1/sc(C)c(-c2ccccc2)n1C(C)C. The average Bonchev–Trinajstić information content (AvgIpc) is 2.74. The predicted molar refractivity (Wildman–Crippen MR) is 87.2 cm³/mol. The molecule has 20 heavy (non-hydrogen) atoms. The molecule has 2 aromatic rings. The Morgan fingerprint density at radius 2 is 1.80 bits per heavy atom. The smallest absolute Gasteiger partial charge is 0.211 e. The lowest BCUT2D eigenvalue weighted by Gasteiger charge is -2.13. The Morgan fingerprint density at radius 1 is 1.15 bits per heavy atom. The summed E-state index contributed by atoms with van der Waals surface area (Å²) in [7, 11) is 0. The zero-order valence-corrected chi connectivity index (χ0v) is 13.5. The van der Waals surface area contributed by atoms with Crippen LogP contribution in [0.15, 0.2) is 40.5 Å². The van der Waals surface area contributed by atoms with E-state index < -0.39 is 0 Å². The minimum absolute atomic E-state index is 0.348. The topological polar surface area (TPSA) is 29.6 Å². The van der Waals surface area contributed by atoms with Crippen molar-refractivity contribution in [2.75, 3.05) is 0 Å². The van der Waals surface area contributed by atoms with Gasteiger partial charge in [-0.15, -0.1) is 5.10 Å². The Bertz CT molecular complexity index is 671. The maximum atomic E-state index is 4.40. The van der Waals surface area contributed by atoms with Gasteiger partial charge in [-0.1, -0.05) is 41.7 Å². The quantitative estimate of drug-likeness (QED) is 0.591. The zero-order valence-electron chi connectivity index (χ0n) is 12.7. The van der Waals surface area contributed by atoms with Gasteiger partial charge in [0.05, 0.1) is 5.69 Å². The van der Waals surface area contributed by atoms with Gasteiger partial charge in [-0.05, 0) is 40.2 Å².